The van der Waals surface area contributed by atoms with Crippen molar-refractivity contribution in [3.05, 3.63) is 76.8 Å². The number of imidazole rings is 1. The number of allylic oxidation sites excluding steroid dienone is 2. The van der Waals surface area contributed by atoms with Crippen molar-refractivity contribution in [1.82, 2.24) is 34.5 Å². The van der Waals surface area contributed by atoms with Gasteiger partial charge in [-0.15, -0.1) is 0 Å². The Kier molecular flexibility index (Phi) is 6.13. The number of benzene rings is 1. The van der Waals surface area contributed by atoms with E-state index in [-0.39, 0.29) is 17.8 Å². The minimum absolute atomic E-state index is 0.170. The van der Waals surface area contributed by atoms with E-state index < -0.39 is 11.7 Å². The summed E-state index contributed by atoms with van der Waals surface area (Å²) in [6, 6.07) is 6.06. The number of ether oxygens (including phenoxy) is 1. The molecule has 4 heterocycles. The molecule has 1 aromatic carbocycles. The first-order valence-electron chi connectivity index (χ1n) is 12.6. The lowest BCUT2D eigenvalue weighted by Gasteiger charge is -2.29. The topological polar surface area (TPSA) is 108 Å². The van der Waals surface area contributed by atoms with Gasteiger partial charge in [0, 0.05) is 50.5 Å². The maximum absolute atomic E-state index is 13.1. The van der Waals surface area contributed by atoms with Crippen LogP contribution in [0.2, 0.25) is 0 Å². The summed E-state index contributed by atoms with van der Waals surface area (Å²) in [4.78, 5) is 29.9. The van der Waals surface area contributed by atoms with Gasteiger partial charge >= 0.3 is 11.8 Å². The van der Waals surface area contributed by atoms with Crippen LogP contribution in [0.5, 0.6) is 0 Å². The minimum Gasteiger partial charge on any atom is -0.444 e. The Morgan fingerprint density at radius 1 is 1.21 bits per heavy atom. The highest BCUT2D eigenvalue weighted by Crippen LogP contribution is 2.31. The zero-order valence-corrected chi connectivity index (χ0v) is 22.6. The Morgan fingerprint density at radius 3 is 2.66 bits per heavy atom. The molecule has 0 spiro atoms. The number of carbonyl (C=O) groups excluding carboxylic acids is 1. The first-order chi connectivity index (χ1) is 17.9. The number of alkyl carbamates (subject to hydrolysis) is 1. The predicted molar refractivity (Wildman–Crippen MR) is 148 cm³/mol. The summed E-state index contributed by atoms with van der Waals surface area (Å²) in [6.07, 6.45) is 11.3. The molecule has 10 heteroatoms. The van der Waals surface area contributed by atoms with Gasteiger partial charge in [0.1, 0.15) is 5.60 Å². The molecule has 5 rings (SSSR count). The molecule has 3 aromatic heterocycles. The molecule has 0 saturated heterocycles. The van der Waals surface area contributed by atoms with E-state index in [1.807, 2.05) is 58.5 Å². The highest BCUT2D eigenvalue weighted by Gasteiger charge is 2.26. The number of rotatable bonds is 5. The average molecular weight is 516 g/mol. The SMILES string of the molecule is Cn1cc(C2(C)C=CC(c3ccc4ncc5c(c4c3)n(CCNC(=O)OC(C)(C)C)c(=O)n5C)=CN2)cn1. The summed E-state index contributed by atoms with van der Waals surface area (Å²) >= 11 is 0. The van der Waals surface area contributed by atoms with Gasteiger partial charge in [0.25, 0.3) is 0 Å². The van der Waals surface area contributed by atoms with Gasteiger partial charge in [-0.1, -0.05) is 18.2 Å². The highest BCUT2D eigenvalue weighted by atomic mass is 16.6. The summed E-state index contributed by atoms with van der Waals surface area (Å²) in [6.45, 7) is 8.09. The van der Waals surface area contributed by atoms with Crippen molar-refractivity contribution in [3.63, 3.8) is 0 Å². The molecule has 1 amide bonds. The molecule has 4 aromatic rings. The molecule has 38 heavy (non-hydrogen) atoms. The van der Waals surface area contributed by atoms with E-state index in [1.165, 1.54) is 0 Å². The Bertz CT molecular complexity index is 1670. The van der Waals surface area contributed by atoms with Crippen LogP contribution in [0.3, 0.4) is 0 Å². The number of fused-ring (bicyclic) bond motifs is 3. The predicted octanol–water partition coefficient (Wildman–Crippen LogP) is 3.56. The second kappa shape index (κ2) is 9.20. The lowest BCUT2D eigenvalue weighted by Crippen LogP contribution is -2.35. The number of amides is 1. The molecule has 0 radical (unpaired) electrons. The second-order valence-corrected chi connectivity index (χ2v) is 10.8. The van der Waals surface area contributed by atoms with Crippen molar-refractivity contribution in [3.8, 4) is 0 Å². The van der Waals surface area contributed by atoms with Gasteiger partial charge in [0.15, 0.2) is 0 Å². The maximum atomic E-state index is 13.1. The molecule has 1 atom stereocenters. The minimum atomic E-state index is -0.592. The fourth-order valence-corrected chi connectivity index (χ4v) is 4.68. The average Bonchev–Trinajstić information content (AvgIpc) is 3.41. The molecular weight excluding hydrogens is 482 g/mol. The van der Waals surface area contributed by atoms with E-state index >= 15 is 0 Å². The molecule has 1 unspecified atom stereocenters. The quantitative estimate of drug-likeness (QED) is 0.421. The van der Waals surface area contributed by atoms with Gasteiger partial charge < -0.3 is 15.4 Å². The molecular formula is C28H33N7O3. The van der Waals surface area contributed by atoms with Crippen molar-refractivity contribution in [1.29, 1.82) is 0 Å². The van der Waals surface area contributed by atoms with E-state index in [0.717, 1.165) is 38.6 Å². The number of dihydropyridines is 1. The van der Waals surface area contributed by atoms with Crippen LogP contribution in [0.15, 0.2) is 59.9 Å². The molecule has 2 N–H and O–H groups in total. The van der Waals surface area contributed by atoms with Crippen LogP contribution in [0.1, 0.15) is 38.8 Å². The van der Waals surface area contributed by atoms with Crippen LogP contribution >= 0.6 is 0 Å². The molecule has 0 saturated carbocycles. The Labute approximate surface area is 220 Å². The third-order valence-electron chi connectivity index (χ3n) is 6.73. The van der Waals surface area contributed by atoms with Crippen molar-refractivity contribution < 1.29 is 9.53 Å². The Morgan fingerprint density at radius 2 is 2.00 bits per heavy atom. The first kappa shape index (κ1) is 25.3. The summed E-state index contributed by atoms with van der Waals surface area (Å²) in [7, 11) is 3.64. The van der Waals surface area contributed by atoms with E-state index in [1.54, 1.807) is 27.1 Å². The van der Waals surface area contributed by atoms with Crippen molar-refractivity contribution >= 4 is 33.6 Å². The van der Waals surface area contributed by atoms with E-state index in [2.05, 4.69) is 45.9 Å². The number of aromatic nitrogens is 5. The number of carbonyl (C=O) groups is 1. The summed E-state index contributed by atoms with van der Waals surface area (Å²) < 4.78 is 10.4. The maximum Gasteiger partial charge on any atom is 0.407 e. The van der Waals surface area contributed by atoms with Crippen molar-refractivity contribution in [2.75, 3.05) is 6.54 Å². The van der Waals surface area contributed by atoms with Gasteiger partial charge in [-0.3, -0.25) is 18.8 Å². The molecule has 10 nitrogen and oxygen atoms in total. The number of nitrogens with one attached hydrogen (secondary N) is 2. The molecule has 0 aliphatic carbocycles. The smallest absolute Gasteiger partial charge is 0.407 e. The number of hydrogen-bond donors (Lipinski definition) is 2. The third-order valence-corrected chi connectivity index (χ3v) is 6.73. The van der Waals surface area contributed by atoms with Gasteiger partial charge in [-0.05, 0) is 51.0 Å². The Hall–Kier alpha value is -4.34. The van der Waals surface area contributed by atoms with Crippen LogP contribution in [0, 0.1) is 0 Å². The lowest BCUT2D eigenvalue weighted by molar-refractivity contribution is 0.0526. The largest absolute Gasteiger partial charge is 0.444 e. The molecule has 1 aliphatic heterocycles. The molecule has 0 fully saturated rings. The first-order valence-corrected chi connectivity index (χ1v) is 12.6. The number of aryl methyl sites for hydroxylation is 2. The van der Waals surface area contributed by atoms with E-state index in [9.17, 15) is 9.59 Å². The van der Waals surface area contributed by atoms with Crippen molar-refractivity contribution in [2.45, 2.75) is 45.4 Å². The number of pyridine rings is 1. The summed E-state index contributed by atoms with van der Waals surface area (Å²) in [5, 5.41) is 11.4. The van der Waals surface area contributed by atoms with Crippen LogP contribution in [-0.2, 0) is 30.9 Å². The number of nitrogens with zero attached hydrogens (tertiary/aromatic N) is 5. The van der Waals surface area contributed by atoms with Crippen LogP contribution < -0.4 is 16.3 Å². The zero-order chi connectivity index (χ0) is 27.2. The highest BCUT2D eigenvalue weighted by molar-refractivity contribution is 6.03. The van der Waals surface area contributed by atoms with Gasteiger partial charge in [0.2, 0.25) is 0 Å². The Balaban J connectivity index is 1.47. The molecule has 1 aliphatic rings. The lowest BCUT2D eigenvalue weighted by atomic mass is 9.90. The molecule has 198 valence electrons. The monoisotopic (exact) mass is 515 g/mol. The third kappa shape index (κ3) is 4.69. The van der Waals surface area contributed by atoms with Crippen LogP contribution in [0.25, 0.3) is 27.5 Å². The van der Waals surface area contributed by atoms with E-state index in [4.69, 9.17) is 4.74 Å². The summed E-state index contributed by atoms with van der Waals surface area (Å²) in [5.74, 6) is 0. The van der Waals surface area contributed by atoms with Crippen molar-refractivity contribution in [2.24, 2.45) is 14.1 Å². The van der Waals surface area contributed by atoms with Gasteiger partial charge in [0.05, 0.1) is 34.5 Å². The van der Waals surface area contributed by atoms with Gasteiger partial charge in [-0.2, -0.15) is 5.10 Å². The zero-order valence-electron chi connectivity index (χ0n) is 22.6. The van der Waals surface area contributed by atoms with E-state index in [0.29, 0.717) is 6.54 Å². The van der Waals surface area contributed by atoms with Gasteiger partial charge in [-0.25, -0.2) is 9.59 Å². The van der Waals surface area contributed by atoms with Crippen LogP contribution in [0.4, 0.5) is 4.79 Å². The van der Waals surface area contributed by atoms with Crippen LogP contribution in [-0.4, -0.2) is 42.1 Å². The number of hydrogen-bond acceptors (Lipinski definition) is 6. The second-order valence-electron chi connectivity index (χ2n) is 10.8. The standard InChI is InChI=1S/C28H33N7O3/c1-27(2,3)38-25(36)29-11-12-35-24-21-13-18(7-8-22(21)30-16-23(24)34(6)26(35)37)19-9-10-28(4,31-14-19)20-15-32-33(5)17-20/h7-10,13-17,31H,11-12H2,1-6H3,(H,29,36). The molecule has 0 bridgehead atoms. The fraction of sp³-hybridized carbons (Fsp3) is 0.357. The fourth-order valence-electron chi connectivity index (χ4n) is 4.68. The normalized spacial score (nSPS) is 17.5. The summed E-state index contributed by atoms with van der Waals surface area (Å²) in [5.41, 5.74) is 4.27.